The van der Waals surface area contributed by atoms with Crippen LogP contribution in [0.4, 0.5) is 17.4 Å². The first-order valence-corrected chi connectivity index (χ1v) is 12.5. The van der Waals surface area contributed by atoms with E-state index in [1.54, 1.807) is 30.7 Å². The Morgan fingerprint density at radius 1 is 1.03 bits per heavy atom. The number of aromatic nitrogens is 3. The predicted octanol–water partition coefficient (Wildman–Crippen LogP) is 3.60. The molecule has 6 rings (SSSR count). The van der Waals surface area contributed by atoms with Crippen LogP contribution in [0.1, 0.15) is 22.1 Å². The monoisotopic (exact) mass is 512 g/mol. The van der Waals surface area contributed by atoms with Crippen LogP contribution in [0.2, 0.25) is 0 Å². The van der Waals surface area contributed by atoms with Gasteiger partial charge >= 0.3 is 6.01 Å². The number of Topliss-reactive ketones (excluding diaryl/α,β-unsaturated/α-hetero) is 1. The molecule has 1 N–H and O–H groups in total. The fourth-order valence-corrected chi connectivity index (χ4v) is 5.17. The quantitative estimate of drug-likeness (QED) is 0.319. The van der Waals surface area contributed by atoms with E-state index in [0.29, 0.717) is 42.2 Å². The number of carbonyl (C=O) groups excluding carboxylic acids is 2. The third-order valence-electron chi connectivity index (χ3n) is 7.21. The van der Waals surface area contributed by atoms with Crippen LogP contribution in [0.15, 0.2) is 59.0 Å². The van der Waals surface area contributed by atoms with Crippen molar-refractivity contribution in [1.82, 2.24) is 14.8 Å². The lowest BCUT2D eigenvalue weighted by molar-refractivity contribution is -0.112. The number of fused-ring (bicyclic) bond motifs is 3. The normalized spacial score (nSPS) is 16.4. The maximum absolute atomic E-state index is 13.3. The molecule has 0 radical (unpaired) electrons. The first kappa shape index (κ1) is 23.8. The van der Waals surface area contributed by atoms with Crippen LogP contribution in [-0.2, 0) is 11.8 Å². The molecule has 0 saturated carbocycles. The van der Waals surface area contributed by atoms with Crippen molar-refractivity contribution in [1.29, 1.82) is 0 Å². The van der Waals surface area contributed by atoms with Gasteiger partial charge in [0.05, 0.1) is 11.7 Å². The van der Waals surface area contributed by atoms with Crippen molar-refractivity contribution in [3.05, 3.63) is 71.9 Å². The average molecular weight is 513 g/mol. The van der Waals surface area contributed by atoms with Gasteiger partial charge in [0, 0.05) is 56.6 Å². The highest BCUT2D eigenvalue weighted by Gasteiger charge is 2.35. The lowest BCUT2D eigenvalue weighted by atomic mass is 10.0. The zero-order chi connectivity index (χ0) is 26.4. The fourth-order valence-electron chi connectivity index (χ4n) is 5.17. The minimum Gasteiger partial charge on any atom is -0.489 e. The van der Waals surface area contributed by atoms with E-state index in [4.69, 9.17) is 9.15 Å². The van der Waals surface area contributed by atoms with E-state index < -0.39 is 11.7 Å². The van der Waals surface area contributed by atoms with Crippen LogP contribution in [0.25, 0.3) is 11.1 Å². The number of ether oxygens (including phenoxy) is 1. The van der Waals surface area contributed by atoms with Crippen molar-refractivity contribution in [3.8, 4) is 16.9 Å². The summed E-state index contributed by atoms with van der Waals surface area (Å²) in [5.74, 6) is -0.0708. The van der Waals surface area contributed by atoms with Crippen LogP contribution in [-0.4, -0.2) is 58.7 Å². The number of aryl methyl sites for hydroxylation is 2. The Morgan fingerprint density at radius 3 is 2.61 bits per heavy atom. The van der Waals surface area contributed by atoms with Crippen LogP contribution in [0.5, 0.6) is 5.75 Å². The third-order valence-corrected chi connectivity index (χ3v) is 7.21. The molecular weight excluding hydrogens is 484 g/mol. The predicted molar refractivity (Wildman–Crippen MR) is 143 cm³/mol. The van der Waals surface area contributed by atoms with Gasteiger partial charge in [0.1, 0.15) is 18.1 Å². The summed E-state index contributed by atoms with van der Waals surface area (Å²) >= 11 is 0. The second-order valence-corrected chi connectivity index (χ2v) is 9.65. The van der Waals surface area contributed by atoms with E-state index in [2.05, 4.69) is 25.3 Å². The minimum absolute atomic E-state index is 0.127. The van der Waals surface area contributed by atoms with Crippen molar-refractivity contribution in [2.75, 3.05) is 41.4 Å². The molecule has 2 aliphatic rings. The molecule has 194 valence electrons. The molecule has 10 heteroatoms. The van der Waals surface area contributed by atoms with Gasteiger partial charge in [0.15, 0.2) is 0 Å². The van der Waals surface area contributed by atoms with E-state index in [1.807, 2.05) is 49.4 Å². The van der Waals surface area contributed by atoms with Gasteiger partial charge in [-0.05, 0) is 30.7 Å². The zero-order valence-electron chi connectivity index (χ0n) is 21.5. The number of anilines is 3. The van der Waals surface area contributed by atoms with Gasteiger partial charge in [-0.3, -0.25) is 9.59 Å². The van der Waals surface area contributed by atoms with E-state index in [-0.39, 0.29) is 6.04 Å². The Hall–Kier alpha value is -4.60. The van der Waals surface area contributed by atoms with Crippen molar-refractivity contribution < 1.29 is 18.7 Å². The number of hydrogen-bond donors (Lipinski definition) is 1. The van der Waals surface area contributed by atoms with E-state index in [9.17, 15) is 9.59 Å². The smallest absolute Gasteiger partial charge is 0.318 e. The summed E-state index contributed by atoms with van der Waals surface area (Å²) in [4.78, 5) is 30.8. The highest BCUT2D eigenvalue weighted by molar-refractivity contribution is 6.47. The van der Waals surface area contributed by atoms with Gasteiger partial charge in [-0.2, -0.15) is 0 Å². The number of amides is 1. The molecule has 0 spiro atoms. The number of nitrogens with zero attached hydrogens (tertiary/aromatic N) is 5. The van der Waals surface area contributed by atoms with Gasteiger partial charge in [0.2, 0.25) is 5.89 Å². The Bertz CT molecular complexity index is 1530. The molecule has 1 fully saturated rings. The molecule has 2 aliphatic heterocycles. The molecule has 4 aromatic rings. The summed E-state index contributed by atoms with van der Waals surface area (Å²) in [7, 11) is 1.80. The van der Waals surface area contributed by atoms with E-state index in [0.717, 1.165) is 35.6 Å². The lowest BCUT2D eigenvalue weighted by Crippen LogP contribution is -2.57. The Kier molecular flexibility index (Phi) is 5.86. The molecule has 2 aromatic heterocycles. The summed E-state index contributed by atoms with van der Waals surface area (Å²) in [5, 5.41) is 10.8. The van der Waals surface area contributed by atoms with Gasteiger partial charge in [-0.1, -0.05) is 35.4 Å². The summed E-state index contributed by atoms with van der Waals surface area (Å²) in [6, 6.07) is 17.7. The van der Waals surface area contributed by atoms with Gasteiger partial charge in [-0.15, -0.1) is 5.10 Å². The van der Waals surface area contributed by atoms with E-state index >= 15 is 0 Å². The van der Waals surface area contributed by atoms with Crippen molar-refractivity contribution in [2.45, 2.75) is 19.9 Å². The Morgan fingerprint density at radius 2 is 1.84 bits per heavy atom. The number of hydrogen-bond acceptors (Lipinski definition) is 8. The van der Waals surface area contributed by atoms with Crippen LogP contribution >= 0.6 is 0 Å². The molecule has 4 heterocycles. The molecule has 38 heavy (non-hydrogen) atoms. The zero-order valence-corrected chi connectivity index (χ0v) is 21.5. The average Bonchev–Trinajstić information content (AvgIpc) is 3.50. The third kappa shape index (κ3) is 4.17. The van der Waals surface area contributed by atoms with Crippen LogP contribution in [0, 0.1) is 13.8 Å². The molecular formula is C28H28N6O4. The van der Waals surface area contributed by atoms with Gasteiger partial charge < -0.3 is 28.8 Å². The molecule has 1 saturated heterocycles. The molecule has 1 amide bonds. The highest BCUT2D eigenvalue weighted by Crippen LogP contribution is 2.38. The topological polar surface area (TPSA) is 106 Å². The van der Waals surface area contributed by atoms with Crippen LogP contribution < -0.4 is 19.9 Å². The first-order valence-electron chi connectivity index (χ1n) is 12.5. The largest absolute Gasteiger partial charge is 0.489 e. The fraction of sp³-hybridized carbons (Fsp3) is 0.286. The summed E-state index contributed by atoms with van der Waals surface area (Å²) in [6.45, 7) is 6.38. The number of nitrogens with one attached hydrogen (secondary N) is 1. The van der Waals surface area contributed by atoms with Gasteiger partial charge in [-0.25, -0.2) is 0 Å². The Balaban J connectivity index is 1.18. The molecule has 1 unspecified atom stereocenters. The van der Waals surface area contributed by atoms with Crippen molar-refractivity contribution >= 4 is 29.1 Å². The second-order valence-electron chi connectivity index (χ2n) is 9.65. The number of benzene rings is 2. The van der Waals surface area contributed by atoms with E-state index in [1.165, 1.54) is 0 Å². The maximum atomic E-state index is 13.3. The number of carbonyl (C=O) groups is 2. The SMILES string of the molecule is Cc1nnc(N2CCN3c4ccc(NC(=O)C(=O)c5c(-c6ccccc6)cc(C)n5C)cc4OCC3C2)o1. The molecule has 0 aliphatic carbocycles. The standard InChI is InChI=1S/C28H28N6O4/c1-17-13-22(19-7-5-4-6-8-19)25(32(17)3)26(35)27(36)29-20-9-10-23-24(14-20)37-16-21-15-33(11-12-34(21)23)28-31-30-18(2)38-28/h4-10,13-14,21H,11-12,15-16H2,1-3H3,(H,29,36). The molecule has 0 bridgehead atoms. The van der Waals surface area contributed by atoms with Gasteiger partial charge in [0.25, 0.3) is 11.7 Å². The number of rotatable bonds is 5. The van der Waals surface area contributed by atoms with Crippen molar-refractivity contribution in [3.63, 3.8) is 0 Å². The number of piperazine rings is 1. The summed E-state index contributed by atoms with van der Waals surface area (Å²) in [5.41, 5.74) is 4.34. The van der Waals surface area contributed by atoms with Crippen LogP contribution in [0.3, 0.4) is 0 Å². The Labute approximate surface area is 219 Å². The minimum atomic E-state index is -0.694. The first-order chi connectivity index (χ1) is 18.4. The maximum Gasteiger partial charge on any atom is 0.318 e. The lowest BCUT2D eigenvalue weighted by Gasteiger charge is -2.45. The summed E-state index contributed by atoms with van der Waals surface area (Å²) in [6.07, 6.45) is 0. The number of ketones is 1. The second kappa shape index (κ2) is 9.37. The molecule has 1 atom stereocenters. The highest BCUT2D eigenvalue weighted by atomic mass is 16.5. The molecule has 10 nitrogen and oxygen atoms in total. The van der Waals surface area contributed by atoms with Crippen molar-refractivity contribution in [2.24, 2.45) is 7.05 Å². The summed E-state index contributed by atoms with van der Waals surface area (Å²) < 4.78 is 13.4. The molecule has 2 aromatic carbocycles.